The third kappa shape index (κ3) is 2.90. The van der Waals surface area contributed by atoms with Gasteiger partial charge in [0.05, 0.1) is 11.2 Å². The summed E-state index contributed by atoms with van der Waals surface area (Å²) in [4.78, 5) is 0. The maximum atomic E-state index is 12.8. The molecule has 0 aliphatic carbocycles. The first kappa shape index (κ1) is 14.4. The normalized spacial score (nSPS) is 23.6. The highest BCUT2D eigenvalue weighted by molar-refractivity contribution is 5.81. The van der Waals surface area contributed by atoms with Crippen LogP contribution in [-0.2, 0) is 13.5 Å². The van der Waals surface area contributed by atoms with E-state index in [4.69, 9.17) is 0 Å². The van der Waals surface area contributed by atoms with E-state index in [1.54, 1.807) is 4.68 Å². The maximum absolute atomic E-state index is 12.8. The number of piperidine rings is 1. The lowest BCUT2D eigenvalue weighted by molar-refractivity contribution is -0.163. The number of fused-ring (bicyclic) bond motifs is 1. The van der Waals surface area contributed by atoms with Gasteiger partial charge in [0.25, 0.3) is 0 Å². The first-order valence-corrected chi connectivity index (χ1v) is 7.18. The summed E-state index contributed by atoms with van der Waals surface area (Å²) in [6.45, 7) is 0. The molecule has 1 aromatic carbocycles. The Morgan fingerprint density at radius 1 is 1.29 bits per heavy atom. The molecule has 3 nitrogen and oxygen atoms in total. The Labute approximate surface area is 121 Å². The van der Waals surface area contributed by atoms with E-state index in [0.29, 0.717) is 12.8 Å². The molecule has 0 amide bonds. The Hall–Kier alpha value is -1.56. The summed E-state index contributed by atoms with van der Waals surface area (Å²) in [7, 11) is 1.86. The van der Waals surface area contributed by atoms with Gasteiger partial charge in [-0.05, 0) is 25.3 Å². The zero-order chi connectivity index (χ0) is 15.0. The number of benzene rings is 1. The monoisotopic (exact) mass is 297 g/mol. The zero-order valence-corrected chi connectivity index (χ0v) is 11.8. The second-order valence-electron chi connectivity index (χ2n) is 5.68. The van der Waals surface area contributed by atoms with Gasteiger partial charge in [-0.15, -0.1) is 0 Å². The number of aryl methyl sites for hydroxylation is 1. The van der Waals surface area contributed by atoms with Crippen LogP contribution in [0.15, 0.2) is 24.3 Å². The van der Waals surface area contributed by atoms with Gasteiger partial charge in [-0.1, -0.05) is 18.2 Å². The Morgan fingerprint density at radius 2 is 2.05 bits per heavy atom. The van der Waals surface area contributed by atoms with Gasteiger partial charge in [-0.25, -0.2) is 0 Å². The Kier molecular flexibility index (Phi) is 3.65. The number of halogens is 3. The molecule has 2 atom stereocenters. The molecular formula is C15H18F3N3. The molecule has 1 aliphatic heterocycles. The van der Waals surface area contributed by atoms with Gasteiger partial charge < -0.3 is 5.32 Å². The van der Waals surface area contributed by atoms with E-state index in [1.807, 2.05) is 31.3 Å². The quantitative estimate of drug-likeness (QED) is 0.922. The highest BCUT2D eigenvalue weighted by Gasteiger charge is 2.42. The molecule has 21 heavy (non-hydrogen) atoms. The van der Waals surface area contributed by atoms with Crippen molar-refractivity contribution in [3.05, 3.63) is 30.0 Å². The molecule has 2 heterocycles. The van der Waals surface area contributed by atoms with Gasteiger partial charge in [0.2, 0.25) is 0 Å². The topological polar surface area (TPSA) is 29.9 Å². The molecule has 3 rings (SSSR count). The van der Waals surface area contributed by atoms with Gasteiger partial charge in [0, 0.05) is 24.9 Å². The number of nitrogens with zero attached hydrogens (tertiary/aromatic N) is 2. The number of para-hydroxylation sites is 1. The summed E-state index contributed by atoms with van der Waals surface area (Å²) < 4.78 is 40.3. The molecular weight excluding hydrogens is 279 g/mol. The average molecular weight is 297 g/mol. The lowest BCUT2D eigenvalue weighted by Gasteiger charge is -2.32. The Balaban J connectivity index is 1.79. The van der Waals surface area contributed by atoms with Crippen LogP contribution in [-0.4, -0.2) is 28.0 Å². The van der Waals surface area contributed by atoms with Crippen LogP contribution in [0.3, 0.4) is 0 Å². The molecule has 2 unspecified atom stereocenters. The molecule has 1 N–H and O–H groups in total. The van der Waals surface area contributed by atoms with Crippen LogP contribution < -0.4 is 5.32 Å². The maximum Gasteiger partial charge on any atom is 0.403 e. The molecule has 1 saturated heterocycles. The lowest BCUT2D eigenvalue weighted by atomic mass is 9.94. The lowest BCUT2D eigenvalue weighted by Crippen LogP contribution is -2.51. The average Bonchev–Trinajstić information content (AvgIpc) is 2.76. The Bertz CT molecular complexity index is 633. The third-order valence-electron chi connectivity index (χ3n) is 4.15. The van der Waals surface area contributed by atoms with Crippen molar-refractivity contribution in [3.8, 4) is 0 Å². The molecule has 1 fully saturated rings. The van der Waals surface area contributed by atoms with Crippen molar-refractivity contribution in [1.82, 2.24) is 15.1 Å². The molecule has 1 aliphatic rings. The number of alkyl halides is 3. The first-order chi connectivity index (χ1) is 9.95. The Morgan fingerprint density at radius 3 is 2.81 bits per heavy atom. The highest BCUT2D eigenvalue weighted by atomic mass is 19.4. The minimum absolute atomic E-state index is 0.163. The van der Waals surface area contributed by atoms with Crippen LogP contribution in [0.25, 0.3) is 10.9 Å². The van der Waals surface area contributed by atoms with Crippen LogP contribution in [0.4, 0.5) is 13.2 Å². The second-order valence-corrected chi connectivity index (χ2v) is 5.68. The van der Waals surface area contributed by atoms with Crippen molar-refractivity contribution in [2.45, 2.75) is 43.9 Å². The third-order valence-corrected chi connectivity index (χ3v) is 4.15. The second kappa shape index (κ2) is 5.33. The fourth-order valence-corrected chi connectivity index (χ4v) is 3.11. The first-order valence-electron chi connectivity index (χ1n) is 7.18. The molecule has 6 heteroatoms. The molecule has 0 saturated carbocycles. The number of hydrogen-bond donors (Lipinski definition) is 1. The number of hydrogen-bond acceptors (Lipinski definition) is 2. The van der Waals surface area contributed by atoms with Crippen molar-refractivity contribution >= 4 is 10.9 Å². The predicted molar refractivity (Wildman–Crippen MR) is 75.0 cm³/mol. The van der Waals surface area contributed by atoms with Crippen molar-refractivity contribution in [1.29, 1.82) is 0 Å². The van der Waals surface area contributed by atoms with E-state index >= 15 is 0 Å². The van der Waals surface area contributed by atoms with E-state index < -0.39 is 12.2 Å². The van der Waals surface area contributed by atoms with E-state index in [0.717, 1.165) is 23.0 Å². The fourth-order valence-electron chi connectivity index (χ4n) is 3.11. The largest absolute Gasteiger partial charge is 0.403 e. The number of nitrogens with one attached hydrogen (secondary N) is 1. The van der Waals surface area contributed by atoms with Crippen LogP contribution in [0.1, 0.15) is 25.0 Å². The van der Waals surface area contributed by atoms with Crippen LogP contribution in [0.2, 0.25) is 0 Å². The van der Waals surface area contributed by atoms with E-state index in [1.165, 1.54) is 0 Å². The summed E-state index contributed by atoms with van der Waals surface area (Å²) in [6, 6.07) is 6.27. The van der Waals surface area contributed by atoms with E-state index in [-0.39, 0.29) is 12.5 Å². The number of rotatable bonds is 2. The van der Waals surface area contributed by atoms with E-state index in [2.05, 4.69) is 10.4 Å². The van der Waals surface area contributed by atoms with Gasteiger partial charge >= 0.3 is 6.18 Å². The standard InChI is InChI=1S/C15H18F3N3/c1-21-13-7-3-2-6-11(13)12(20-21)9-10-5-4-8-14(19-10)15(16,17)18/h2-3,6-7,10,14,19H,4-5,8-9H2,1H3. The summed E-state index contributed by atoms with van der Waals surface area (Å²) in [5.41, 5.74) is 1.88. The van der Waals surface area contributed by atoms with Crippen LogP contribution >= 0.6 is 0 Å². The number of aromatic nitrogens is 2. The highest BCUT2D eigenvalue weighted by Crippen LogP contribution is 2.29. The van der Waals surface area contributed by atoms with Crippen LogP contribution in [0.5, 0.6) is 0 Å². The summed E-state index contributed by atoms with van der Waals surface area (Å²) in [6.07, 6.45) is -2.09. The van der Waals surface area contributed by atoms with Crippen molar-refractivity contribution in [3.63, 3.8) is 0 Å². The van der Waals surface area contributed by atoms with Crippen molar-refractivity contribution in [2.75, 3.05) is 0 Å². The van der Waals surface area contributed by atoms with Crippen LogP contribution in [0, 0.1) is 0 Å². The molecule has 2 aromatic rings. The molecule has 114 valence electrons. The van der Waals surface area contributed by atoms with E-state index in [9.17, 15) is 13.2 Å². The van der Waals surface area contributed by atoms with Gasteiger partial charge in [-0.2, -0.15) is 18.3 Å². The summed E-state index contributed by atoms with van der Waals surface area (Å²) in [5, 5.41) is 8.23. The zero-order valence-electron chi connectivity index (χ0n) is 11.8. The minimum atomic E-state index is -4.16. The molecule has 0 radical (unpaired) electrons. The van der Waals surface area contributed by atoms with Crippen molar-refractivity contribution < 1.29 is 13.2 Å². The molecule has 1 aromatic heterocycles. The smallest absolute Gasteiger partial charge is 0.303 e. The SMILES string of the molecule is Cn1nc(CC2CCCC(C(F)(F)F)N2)c2ccccc21. The van der Waals surface area contributed by atoms with Gasteiger partial charge in [0.1, 0.15) is 6.04 Å². The predicted octanol–water partition coefficient (Wildman–Crippen LogP) is 3.19. The molecule has 0 spiro atoms. The fraction of sp³-hybridized carbons (Fsp3) is 0.533. The summed E-state index contributed by atoms with van der Waals surface area (Å²) >= 11 is 0. The summed E-state index contributed by atoms with van der Waals surface area (Å²) in [5.74, 6) is 0. The van der Waals surface area contributed by atoms with Gasteiger partial charge in [0.15, 0.2) is 0 Å². The minimum Gasteiger partial charge on any atom is -0.303 e. The van der Waals surface area contributed by atoms with Crippen molar-refractivity contribution in [2.24, 2.45) is 7.05 Å². The van der Waals surface area contributed by atoms with Gasteiger partial charge in [-0.3, -0.25) is 4.68 Å². The molecule has 0 bridgehead atoms.